The van der Waals surface area contributed by atoms with Crippen LogP contribution in [0.5, 0.6) is 0 Å². The van der Waals surface area contributed by atoms with E-state index in [0.717, 1.165) is 28.5 Å². The van der Waals surface area contributed by atoms with Gasteiger partial charge in [-0.1, -0.05) is 41.6 Å². The van der Waals surface area contributed by atoms with E-state index < -0.39 is 0 Å². The molecule has 0 spiro atoms. The highest BCUT2D eigenvalue weighted by atomic mass is 32.2. The van der Waals surface area contributed by atoms with Crippen LogP contribution in [0.15, 0.2) is 52.9 Å². The molecule has 0 radical (unpaired) electrons. The first-order chi connectivity index (χ1) is 15.0. The summed E-state index contributed by atoms with van der Waals surface area (Å²) in [6, 6.07) is 14.8. The maximum atomic E-state index is 12.2. The second-order valence-corrected chi connectivity index (χ2v) is 8.07. The molecule has 1 saturated heterocycles. The molecule has 158 valence electrons. The molecule has 1 N–H and O–H groups in total. The van der Waals surface area contributed by atoms with E-state index in [1.807, 2.05) is 31.2 Å². The average molecular weight is 436 g/mol. The highest BCUT2D eigenvalue weighted by Crippen LogP contribution is 2.22. The molecular formula is C22H20N4O4S. The summed E-state index contributed by atoms with van der Waals surface area (Å²) in [7, 11) is 0. The Balaban J connectivity index is 1.28. The number of hydrogen-bond acceptors (Lipinski definition) is 7. The van der Waals surface area contributed by atoms with Gasteiger partial charge in [-0.2, -0.15) is 0 Å². The average Bonchev–Trinajstić information content (AvgIpc) is 3.36. The number of amides is 3. The molecule has 3 amide bonds. The van der Waals surface area contributed by atoms with Crippen molar-refractivity contribution in [2.75, 3.05) is 11.1 Å². The van der Waals surface area contributed by atoms with E-state index in [4.69, 9.17) is 4.42 Å². The summed E-state index contributed by atoms with van der Waals surface area (Å²) in [6.07, 6.45) is 0.533. The van der Waals surface area contributed by atoms with Crippen molar-refractivity contribution in [2.24, 2.45) is 0 Å². The van der Waals surface area contributed by atoms with Crippen LogP contribution < -0.4 is 5.32 Å². The van der Waals surface area contributed by atoms with Crippen molar-refractivity contribution < 1.29 is 18.8 Å². The van der Waals surface area contributed by atoms with Gasteiger partial charge in [-0.25, -0.2) is 0 Å². The Hall–Kier alpha value is -3.46. The SMILES string of the molecule is Cc1ccc(-c2nnc(CCC(=O)Nc3ccc(CN4C(=O)CSC4=O)cc3)o2)cc1. The fourth-order valence-electron chi connectivity index (χ4n) is 3.02. The molecule has 0 aliphatic carbocycles. The van der Waals surface area contributed by atoms with E-state index >= 15 is 0 Å². The number of rotatable bonds is 7. The summed E-state index contributed by atoms with van der Waals surface area (Å²) < 4.78 is 5.64. The van der Waals surface area contributed by atoms with E-state index in [0.29, 0.717) is 23.9 Å². The zero-order valence-corrected chi connectivity index (χ0v) is 17.6. The number of benzene rings is 2. The van der Waals surface area contributed by atoms with Gasteiger partial charge >= 0.3 is 0 Å². The number of nitrogens with one attached hydrogen (secondary N) is 1. The van der Waals surface area contributed by atoms with Crippen LogP contribution in [0.4, 0.5) is 10.5 Å². The standard InChI is InChI=1S/C22H20N4O4S/c1-14-2-6-16(7-3-14)21-25-24-19(30-21)11-10-18(27)23-17-8-4-15(5-9-17)12-26-20(28)13-31-22(26)29/h2-9H,10-13H2,1H3,(H,23,27). The van der Waals surface area contributed by atoms with Crippen LogP contribution in [-0.2, 0) is 22.6 Å². The number of aromatic nitrogens is 2. The van der Waals surface area contributed by atoms with Gasteiger partial charge in [0.1, 0.15) is 0 Å². The second kappa shape index (κ2) is 9.13. The molecule has 1 fully saturated rings. The molecule has 2 heterocycles. The summed E-state index contributed by atoms with van der Waals surface area (Å²) >= 11 is 1.01. The van der Waals surface area contributed by atoms with Gasteiger partial charge in [0, 0.05) is 24.1 Å². The highest BCUT2D eigenvalue weighted by Gasteiger charge is 2.29. The number of hydrogen-bond donors (Lipinski definition) is 1. The topological polar surface area (TPSA) is 105 Å². The van der Waals surface area contributed by atoms with Gasteiger partial charge in [-0.3, -0.25) is 19.3 Å². The van der Waals surface area contributed by atoms with Gasteiger partial charge < -0.3 is 9.73 Å². The van der Waals surface area contributed by atoms with Crippen LogP contribution >= 0.6 is 11.8 Å². The van der Waals surface area contributed by atoms with E-state index in [9.17, 15) is 14.4 Å². The first kappa shape index (κ1) is 20.8. The molecule has 1 aromatic heterocycles. The zero-order valence-electron chi connectivity index (χ0n) is 16.8. The van der Waals surface area contributed by atoms with Gasteiger partial charge in [0.05, 0.1) is 12.3 Å². The van der Waals surface area contributed by atoms with Crippen LogP contribution in [0.1, 0.15) is 23.4 Å². The third-order valence-electron chi connectivity index (χ3n) is 4.75. The number of nitrogens with zero attached hydrogens (tertiary/aromatic N) is 3. The molecule has 0 bridgehead atoms. The van der Waals surface area contributed by atoms with Crippen LogP contribution in [0.2, 0.25) is 0 Å². The molecule has 1 aliphatic rings. The lowest BCUT2D eigenvalue weighted by molar-refractivity contribution is -0.125. The Morgan fingerprint density at radius 2 is 1.84 bits per heavy atom. The third-order valence-corrected chi connectivity index (χ3v) is 5.61. The van der Waals surface area contributed by atoms with E-state index in [1.165, 1.54) is 4.90 Å². The maximum Gasteiger partial charge on any atom is 0.289 e. The molecule has 0 saturated carbocycles. The predicted molar refractivity (Wildman–Crippen MR) is 116 cm³/mol. The van der Waals surface area contributed by atoms with E-state index in [2.05, 4.69) is 15.5 Å². The summed E-state index contributed by atoms with van der Waals surface area (Å²) in [4.78, 5) is 36.9. The molecule has 31 heavy (non-hydrogen) atoms. The molecule has 0 atom stereocenters. The van der Waals surface area contributed by atoms with Crippen molar-refractivity contribution in [3.8, 4) is 11.5 Å². The number of anilines is 1. The summed E-state index contributed by atoms with van der Waals surface area (Å²) in [5, 5.41) is 10.6. The first-order valence-electron chi connectivity index (χ1n) is 9.73. The van der Waals surface area contributed by atoms with Crippen molar-refractivity contribution in [2.45, 2.75) is 26.3 Å². The minimum atomic E-state index is -0.228. The minimum Gasteiger partial charge on any atom is -0.421 e. The monoisotopic (exact) mass is 436 g/mol. The van der Waals surface area contributed by atoms with Crippen LogP contribution in [-0.4, -0.2) is 37.9 Å². The largest absolute Gasteiger partial charge is 0.421 e. The first-order valence-corrected chi connectivity index (χ1v) is 10.7. The molecule has 3 aromatic rings. The second-order valence-electron chi connectivity index (χ2n) is 7.15. The fraction of sp³-hybridized carbons (Fsp3) is 0.227. The zero-order chi connectivity index (χ0) is 21.8. The smallest absolute Gasteiger partial charge is 0.289 e. The number of carbonyl (C=O) groups excluding carboxylic acids is 3. The van der Waals surface area contributed by atoms with Gasteiger partial charge in [-0.15, -0.1) is 10.2 Å². The molecule has 1 aliphatic heterocycles. The number of carbonyl (C=O) groups is 3. The number of aryl methyl sites for hydroxylation is 2. The number of thioether (sulfide) groups is 1. The van der Waals surface area contributed by atoms with Crippen molar-refractivity contribution in [1.29, 1.82) is 0 Å². The van der Waals surface area contributed by atoms with Gasteiger partial charge in [0.2, 0.25) is 23.6 Å². The molecule has 0 unspecified atom stereocenters. The molecule has 4 rings (SSSR count). The Labute approximate surface area is 183 Å². The Morgan fingerprint density at radius 3 is 2.52 bits per heavy atom. The van der Waals surface area contributed by atoms with Crippen molar-refractivity contribution in [1.82, 2.24) is 15.1 Å². The van der Waals surface area contributed by atoms with Gasteiger partial charge in [-0.05, 0) is 36.8 Å². The highest BCUT2D eigenvalue weighted by molar-refractivity contribution is 8.14. The van der Waals surface area contributed by atoms with Crippen LogP contribution in [0, 0.1) is 6.92 Å². The Kier molecular flexibility index (Phi) is 6.13. The van der Waals surface area contributed by atoms with Gasteiger partial charge in [0.15, 0.2) is 0 Å². The lowest BCUT2D eigenvalue weighted by Gasteiger charge is -2.13. The van der Waals surface area contributed by atoms with Crippen molar-refractivity contribution in [3.63, 3.8) is 0 Å². The lowest BCUT2D eigenvalue weighted by atomic mass is 10.1. The summed E-state index contributed by atoms with van der Waals surface area (Å²) in [6.45, 7) is 2.24. The maximum absolute atomic E-state index is 12.2. The normalized spacial score (nSPS) is 13.6. The molecule has 2 aromatic carbocycles. The molecular weight excluding hydrogens is 416 g/mol. The molecule has 9 heteroatoms. The predicted octanol–water partition coefficient (Wildman–Crippen LogP) is 3.81. The van der Waals surface area contributed by atoms with E-state index in [-0.39, 0.29) is 35.8 Å². The van der Waals surface area contributed by atoms with E-state index in [1.54, 1.807) is 24.3 Å². The van der Waals surface area contributed by atoms with Gasteiger partial charge in [0.25, 0.3) is 5.24 Å². The fourth-order valence-corrected chi connectivity index (χ4v) is 3.75. The minimum absolute atomic E-state index is 0.177. The lowest BCUT2D eigenvalue weighted by Crippen LogP contribution is -2.27. The van der Waals surface area contributed by atoms with Crippen LogP contribution in [0.3, 0.4) is 0 Å². The summed E-state index contributed by atoms with van der Waals surface area (Å²) in [5.74, 6) is 0.667. The Morgan fingerprint density at radius 1 is 1.10 bits per heavy atom. The molecule has 8 nitrogen and oxygen atoms in total. The number of imide groups is 1. The quantitative estimate of drug-likeness (QED) is 0.600. The third kappa shape index (κ3) is 5.18. The van der Waals surface area contributed by atoms with Crippen LogP contribution in [0.25, 0.3) is 11.5 Å². The van der Waals surface area contributed by atoms with Crippen molar-refractivity contribution in [3.05, 3.63) is 65.5 Å². The van der Waals surface area contributed by atoms with Crippen molar-refractivity contribution >= 4 is 34.5 Å². The summed E-state index contributed by atoms with van der Waals surface area (Å²) in [5.41, 5.74) is 3.43. The Bertz CT molecular complexity index is 1090.